The number of para-hydroxylation sites is 1. The molecule has 36 heavy (non-hydrogen) atoms. The molecule has 2 aliphatic rings. The van der Waals surface area contributed by atoms with Crippen LogP contribution in [0.2, 0.25) is 5.02 Å². The maximum atomic E-state index is 14.5. The van der Waals surface area contributed by atoms with Gasteiger partial charge in [0.25, 0.3) is 11.8 Å². The lowest BCUT2D eigenvalue weighted by Gasteiger charge is -2.33. The smallest absolute Gasteiger partial charge is 0.291 e. The summed E-state index contributed by atoms with van der Waals surface area (Å²) in [5.74, 6) is -1.25. The van der Waals surface area contributed by atoms with E-state index in [4.69, 9.17) is 16.0 Å². The van der Waals surface area contributed by atoms with E-state index in [1.807, 2.05) is 19.1 Å². The summed E-state index contributed by atoms with van der Waals surface area (Å²) in [6.07, 6.45) is 0. The molecule has 180 valence electrons. The number of aliphatic hydroxyl groups is 1. The fourth-order valence-electron chi connectivity index (χ4n) is 5.46. The van der Waals surface area contributed by atoms with E-state index in [9.17, 15) is 19.5 Å². The highest BCUT2D eigenvalue weighted by Gasteiger charge is 2.64. The van der Waals surface area contributed by atoms with Crippen LogP contribution in [0, 0.1) is 6.92 Å². The van der Waals surface area contributed by atoms with Crippen molar-refractivity contribution in [2.45, 2.75) is 19.0 Å². The van der Waals surface area contributed by atoms with Crippen LogP contribution in [0.15, 0.2) is 75.9 Å². The van der Waals surface area contributed by atoms with Gasteiger partial charge in [0.15, 0.2) is 11.0 Å². The molecule has 1 N–H and O–H groups in total. The Morgan fingerprint density at radius 3 is 2.53 bits per heavy atom. The average molecular weight is 501 g/mol. The number of carbonyl (C=O) groups is 2. The van der Waals surface area contributed by atoms with E-state index >= 15 is 0 Å². The summed E-state index contributed by atoms with van der Waals surface area (Å²) in [5, 5.41) is 10.7. The third-order valence-corrected chi connectivity index (χ3v) is 7.37. The van der Waals surface area contributed by atoms with Crippen molar-refractivity contribution < 1.29 is 19.1 Å². The van der Waals surface area contributed by atoms with Crippen LogP contribution in [0.25, 0.3) is 11.0 Å². The Hall–Kier alpha value is -3.94. The number of nitrogens with zero attached hydrogens (tertiary/aromatic N) is 2. The number of rotatable bonds is 4. The molecule has 0 saturated heterocycles. The van der Waals surface area contributed by atoms with Crippen molar-refractivity contribution in [3.05, 3.63) is 110 Å². The quantitative estimate of drug-likeness (QED) is 0.457. The highest BCUT2D eigenvalue weighted by Crippen LogP contribution is 2.52. The molecule has 2 amide bonds. The SMILES string of the molecule is Cc1ccc2oc3c(c(=O)c2c1)C1(C(=O)N(Cc2ccccc2Cl)c2ccccc21)N(CCO)C3=O. The molecule has 0 bridgehead atoms. The molecule has 1 spiro atoms. The standard InChI is InChI=1S/C28H21ClN2O5/c1-16-10-11-22-18(14-16)24(33)23-25(36-22)26(34)31(12-13-32)28(23)19-7-3-5-9-21(19)30(27(28)35)15-17-6-2-4-8-20(17)29/h2-11,14,32H,12-13,15H2,1H3. The zero-order valence-corrected chi connectivity index (χ0v) is 20.1. The number of anilines is 1. The van der Waals surface area contributed by atoms with Crippen molar-refractivity contribution in [1.29, 1.82) is 0 Å². The average Bonchev–Trinajstić information content (AvgIpc) is 3.26. The highest BCUT2D eigenvalue weighted by molar-refractivity contribution is 6.31. The number of aryl methyl sites for hydroxylation is 1. The molecule has 2 aliphatic heterocycles. The lowest BCUT2D eigenvalue weighted by Crippen LogP contribution is -2.54. The van der Waals surface area contributed by atoms with Gasteiger partial charge in [-0.1, -0.05) is 59.6 Å². The molecular formula is C28H21ClN2O5. The number of carbonyl (C=O) groups excluding carboxylic acids is 2. The Balaban J connectivity index is 1.67. The van der Waals surface area contributed by atoms with Gasteiger partial charge in [-0.25, -0.2) is 0 Å². The van der Waals surface area contributed by atoms with E-state index in [0.29, 0.717) is 21.7 Å². The van der Waals surface area contributed by atoms with E-state index in [1.54, 1.807) is 59.5 Å². The van der Waals surface area contributed by atoms with Crippen LogP contribution in [0.3, 0.4) is 0 Å². The Morgan fingerprint density at radius 2 is 1.75 bits per heavy atom. The fraction of sp³-hybridized carbons (Fsp3) is 0.179. The van der Waals surface area contributed by atoms with Crippen molar-refractivity contribution in [2.75, 3.05) is 18.1 Å². The summed E-state index contributed by atoms with van der Waals surface area (Å²) in [6, 6.07) is 19.4. The van der Waals surface area contributed by atoms with E-state index in [0.717, 1.165) is 11.1 Å². The van der Waals surface area contributed by atoms with Gasteiger partial charge in [0, 0.05) is 17.1 Å². The van der Waals surface area contributed by atoms with Crippen molar-refractivity contribution >= 4 is 40.1 Å². The molecular weight excluding hydrogens is 480 g/mol. The minimum absolute atomic E-state index is 0.0156. The molecule has 0 radical (unpaired) electrons. The van der Waals surface area contributed by atoms with Gasteiger partial charge in [0.05, 0.1) is 29.8 Å². The van der Waals surface area contributed by atoms with Crippen LogP contribution in [0.4, 0.5) is 5.69 Å². The topological polar surface area (TPSA) is 91.1 Å². The van der Waals surface area contributed by atoms with Crippen LogP contribution in [0.1, 0.15) is 32.8 Å². The summed E-state index contributed by atoms with van der Waals surface area (Å²) < 4.78 is 5.99. The van der Waals surface area contributed by atoms with Gasteiger partial charge >= 0.3 is 0 Å². The normalized spacial score (nSPS) is 18.4. The summed E-state index contributed by atoms with van der Waals surface area (Å²) in [4.78, 5) is 45.0. The molecule has 7 nitrogen and oxygen atoms in total. The number of hydrogen-bond donors (Lipinski definition) is 1. The first-order chi connectivity index (χ1) is 17.4. The predicted octanol–water partition coefficient (Wildman–Crippen LogP) is 3.99. The first-order valence-corrected chi connectivity index (χ1v) is 11.9. The van der Waals surface area contributed by atoms with Crippen molar-refractivity contribution in [3.8, 4) is 0 Å². The van der Waals surface area contributed by atoms with E-state index in [1.165, 1.54) is 4.90 Å². The summed E-state index contributed by atoms with van der Waals surface area (Å²) >= 11 is 6.42. The van der Waals surface area contributed by atoms with Crippen molar-refractivity contribution in [3.63, 3.8) is 0 Å². The molecule has 1 atom stereocenters. The molecule has 1 unspecified atom stereocenters. The van der Waals surface area contributed by atoms with Crippen LogP contribution in [-0.4, -0.2) is 35.0 Å². The Bertz CT molecular complexity index is 1650. The lowest BCUT2D eigenvalue weighted by atomic mass is 9.84. The van der Waals surface area contributed by atoms with Crippen LogP contribution in [0.5, 0.6) is 0 Å². The van der Waals surface area contributed by atoms with Gasteiger partial charge in [-0.15, -0.1) is 0 Å². The van der Waals surface area contributed by atoms with Crippen LogP contribution >= 0.6 is 11.6 Å². The second kappa shape index (κ2) is 8.05. The number of amides is 2. The second-order valence-electron chi connectivity index (χ2n) is 9.03. The highest BCUT2D eigenvalue weighted by atomic mass is 35.5. The predicted molar refractivity (Wildman–Crippen MR) is 135 cm³/mol. The Kier molecular flexibility index (Phi) is 5.03. The van der Waals surface area contributed by atoms with Gasteiger partial charge in [0.1, 0.15) is 5.58 Å². The van der Waals surface area contributed by atoms with Crippen LogP contribution < -0.4 is 10.3 Å². The van der Waals surface area contributed by atoms with Gasteiger partial charge in [0.2, 0.25) is 5.76 Å². The molecule has 0 aliphatic carbocycles. The zero-order chi connectivity index (χ0) is 25.2. The first kappa shape index (κ1) is 22.5. The monoisotopic (exact) mass is 500 g/mol. The third-order valence-electron chi connectivity index (χ3n) is 7.00. The largest absolute Gasteiger partial charge is 0.450 e. The van der Waals surface area contributed by atoms with Gasteiger partial charge in [-0.2, -0.15) is 0 Å². The summed E-state index contributed by atoms with van der Waals surface area (Å²) in [5.41, 5.74) is 0.676. The van der Waals surface area contributed by atoms with E-state index < -0.39 is 29.4 Å². The fourth-order valence-corrected chi connectivity index (χ4v) is 5.65. The van der Waals surface area contributed by atoms with E-state index in [2.05, 4.69) is 0 Å². The number of hydrogen-bond acceptors (Lipinski definition) is 5. The van der Waals surface area contributed by atoms with E-state index in [-0.39, 0.29) is 30.0 Å². The summed E-state index contributed by atoms with van der Waals surface area (Å²) in [7, 11) is 0. The Labute approximate surface area is 211 Å². The van der Waals surface area contributed by atoms with Crippen molar-refractivity contribution in [1.82, 2.24) is 4.90 Å². The minimum Gasteiger partial charge on any atom is -0.450 e. The third kappa shape index (κ3) is 2.87. The van der Waals surface area contributed by atoms with Gasteiger partial charge < -0.3 is 19.3 Å². The molecule has 3 aromatic carbocycles. The maximum absolute atomic E-state index is 14.5. The molecule has 3 heterocycles. The maximum Gasteiger partial charge on any atom is 0.291 e. The van der Waals surface area contributed by atoms with Crippen LogP contribution in [-0.2, 0) is 16.9 Å². The number of fused-ring (bicyclic) bond motifs is 5. The molecule has 4 aromatic rings. The number of aliphatic hydroxyl groups excluding tert-OH is 1. The van der Waals surface area contributed by atoms with Gasteiger partial charge in [-0.05, 0) is 36.8 Å². The minimum atomic E-state index is -1.76. The van der Waals surface area contributed by atoms with Gasteiger partial charge in [-0.3, -0.25) is 14.4 Å². The molecule has 8 heteroatoms. The number of halogens is 1. The number of β-amino-alcohol motifs (C(OH)–C–C–N with tert-alkyl or cyclic N) is 1. The Morgan fingerprint density at radius 1 is 1.00 bits per heavy atom. The molecule has 1 aromatic heterocycles. The molecule has 0 saturated carbocycles. The lowest BCUT2D eigenvalue weighted by molar-refractivity contribution is -0.126. The summed E-state index contributed by atoms with van der Waals surface area (Å²) in [6.45, 7) is 1.45. The van der Waals surface area contributed by atoms with Crippen molar-refractivity contribution in [2.24, 2.45) is 0 Å². The number of benzene rings is 3. The molecule has 0 fully saturated rings. The first-order valence-electron chi connectivity index (χ1n) is 11.5. The second-order valence-corrected chi connectivity index (χ2v) is 9.43. The molecule has 6 rings (SSSR count). The zero-order valence-electron chi connectivity index (χ0n) is 19.3.